The van der Waals surface area contributed by atoms with Gasteiger partial charge in [-0.3, -0.25) is 9.69 Å². The van der Waals surface area contributed by atoms with Crippen LogP contribution in [0.5, 0.6) is 0 Å². The topological polar surface area (TPSA) is 43.8 Å². The third kappa shape index (κ3) is 3.07. The van der Waals surface area contributed by atoms with Crippen molar-refractivity contribution in [2.24, 2.45) is 11.8 Å². The molecule has 0 spiro atoms. The van der Waals surface area contributed by atoms with Crippen LogP contribution in [0.2, 0.25) is 5.02 Å². The zero-order valence-corrected chi connectivity index (χ0v) is 12.1. The number of carbonyl (C=O) groups is 1. The third-order valence-corrected chi connectivity index (χ3v) is 4.51. The first-order valence-corrected chi connectivity index (χ1v) is 7.47. The molecule has 2 aliphatic rings. The van der Waals surface area contributed by atoms with Crippen molar-refractivity contribution >= 4 is 23.3 Å². The number of carboxylic acid groups (broad SMARTS) is 1. The van der Waals surface area contributed by atoms with Crippen LogP contribution in [0.15, 0.2) is 24.3 Å². The number of benzene rings is 1. The minimum Gasteiger partial charge on any atom is -0.481 e. The lowest BCUT2D eigenvalue weighted by atomic mass is 10.2. The summed E-state index contributed by atoms with van der Waals surface area (Å²) in [5.41, 5.74) is 1.17. The van der Waals surface area contributed by atoms with Gasteiger partial charge in [0.1, 0.15) is 0 Å². The van der Waals surface area contributed by atoms with Crippen LogP contribution < -0.4 is 4.90 Å². The molecular formula is C15H19ClN2O2. The van der Waals surface area contributed by atoms with Gasteiger partial charge < -0.3 is 10.0 Å². The molecule has 1 heterocycles. The van der Waals surface area contributed by atoms with Crippen LogP contribution in [-0.4, -0.2) is 48.7 Å². The Hall–Kier alpha value is -1.26. The average molecular weight is 295 g/mol. The minimum absolute atomic E-state index is 0.0963. The summed E-state index contributed by atoms with van der Waals surface area (Å²) in [7, 11) is 0. The number of piperazine rings is 1. The van der Waals surface area contributed by atoms with E-state index in [-0.39, 0.29) is 5.92 Å². The van der Waals surface area contributed by atoms with Crippen LogP contribution in [0.3, 0.4) is 0 Å². The number of carboxylic acids is 1. The van der Waals surface area contributed by atoms with Crippen molar-refractivity contribution in [2.45, 2.75) is 6.42 Å². The molecule has 1 aromatic rings. The summed E-state index contributed by atoms with van der Waals surface area (Å²) < 4.78 is 0. The summed E-state index contributed by atoms with van der Waals surface area (Å²) >= 11 is 6.02. The van der Waals surface area contributed by atoms with Gasteiger partial charge in [0.05, 0.1) is 5.92 Å². The van der Waals surface area contributed by atoms with E-state index < -0.39 is 5.97 Å². The zero-order chi connectivity index (χ0) is 14.1. The summed E-state index contributed by atoms with van der Waals surface area (Å²) in [6.45, 7) is 4.88. The Bertz CT molecular complexity index is 500. The van der Waals surface area contributed by atoms with Crippen LogP contribution in [0, 0.1) is 11.8 Å². The van der Waals surface area contributed by atoms with Gasteiger partial charge in [0.25, 0.3) is 0 Å². The van der Waals surface area contributed by atoms with Crippen molar-refractivity contribution in [1.82, 2.24) is 4.90 Å². The van der Waals surface area contributed by atoms with Crippen molar-refractivity contribution in [3.8, 4) is 0 Å². The number of aliphatic carboxylic acids is 1. The largest absolute Gasteiger partial charge is 0.481 e. The van der Waals surface area contributed by atoms with Crippen LogP contribution in [-0.2, 0) is 4.79 Å². The Labute approximate surface area is 123 Å². The van der Waals surface area contributed by atoms with Crippen molar-refractivity contribution < 1.29 is 9.90 Å². The van der Waals surface area contributed by atoms with E-state index in [1.807, 2.05) is 18.2 Å². The van der Waals surface area contributed by atoms with Gasteiger partial charge in [-0.1, -0.05) is 17.7 Å². The predicted molar refractivity (Wildman–Crippen MR) is 79.3 cm³/mol. The predicted octanol–water partition coefficient (Wildman–Crippen LogP) is 2.18. The molecule has 0 amide bonds. The first-order valence-electron chi connectivity index (χ1n) is 7.09. The minimum atomic E-state index is -0.632. The molecule has 1 aliphatic heterocycles. The SMILES string of the molecule is O=C(O)C1CC1CN1CCN(c2cccc(Cl)c2)CC1. The first-order chi connectivity index (χ1) is 9.63. The van der Waals surface area contributed by atoms with Crippen molar-refractivity contribution in [3.05, 3.63) is 29.3 Å². The molecule has 1 aromatic carbocycles. The van der Waals surface area contributed by atoms with E-state index >= 15 is 0 Å². The molecule has 1 saturated heterocycles. The van der Waals surface area contributed by atoms with Crippen molar-refractivity contribution in [3.63, 3.8) is 0 Å². The smallest absolute Gasteiger partial charge is 0.306 e. The number of halogens is 1. The van der Waals surface area contributed by atoms with Crippen LogP contribution >= 0.6 is 11.6 Å². The third-order valence-electron chi connectivity index (χ3n) is 4.28. The molecule has 20 heavy (non-hydrogen) atoms. The molecule has 1 N–H and O–H groups in total. The Kier molecular flexibility index (Phi) is 3.85. The summed E-state index contributed by atoms with van der Waals surface area (Å²) in [6.07, 6.45) is 0.851. The molecule has 1 saturated carbocycles. The highest BCUT2D eigenvalue weighted by atomic mass is 35.5. The number of anilines is 1. The monoisotopic (exact) mass is 294 g/mol. The number of hydrogen-bond donors (Lipinski definition) is 1. The normalized spacial score (nSPS) is 26.6. The van der Waals surface area contributed by atoms with E-state index in [2.05, 4.69) is 15.9 Å². The van der Waals surface area contributed by atoms with Gasteiger partial charge in [0.15, 0.2) is 0 Å². The summed E-state index contributed by atoms with van der Waals surface area (Å²) in [4.78, 5) is 15.6. The van der Waals surface area contributed by atoms with E-state index in [0.717, 1.165) is 44.2 Å². The van der Waals surface area contributed by atoms with Gasteiger partial charge in [0.2, 0.25) is 0 Å². The Morgan fingerprint density at radius 1 is 1.30 bits per heavy atom. The number of nitrogens with zero attached hydrogens (tertiary/aromatic N) is 2. The second-order valence-corrected chi connectivity index (χ2v) is 6.14. The first kappa shape index (κ1) is 13.7. The molecule has 0 aromatic heterocycles. The highest BCUT2D eigenvalue weighted by Gasteiger charge is 2.43. The molecule has 4 nitrogen and oxygen atoms in total. The molecule has 3 rings (SSSR count). The standard InChI is InChI=1S/C15H19ClN2O2/c16-12-2-1-3-13(9-12)18-6-4-17(5-7-18)10-11-8-14(11)15(19)20/h1-3,9,11,14H,4-8,10H2,(H,19,20). The maximum absolute atomic E-state index is 10.8. The molecule has 2 unspecified atom stereocenters. The average Bonchev–Trinajstić information content (AvgIpc) is 3.19. The lowest BCUT2D eigenvalue weighted by Gasteiger charge is -2.36. The van der Waals surface area contributed by atoms with E-state index in [1.165, 1.54) is 5.69 Å². The summed E-state index contributed by atoms with van der Waals surface area (Å²) in [5.74, 6) is -0.362. The zero-order valence-electron chi connectivity index (χ0n) is 11.3. The van der Waals surface area contributed by atoms with Gasteiger partial charge >= 0.3 is 5.97 Å². The van der Waals surface area contributed by atoms with E-state index in [4.69, 9.17) is 16.7 Å². The highest BCUT2D eigenvalue weighted by Crippen LogP contribution is 2.39. The highest BCUT2D eigenvalue weighted by molar-refractivity contribution is 6.30. The quantitative estimate of drug-likeness (QED) is 0.924. The summed E-state index contributed by atoms with van der Waals surface area (Å²) in [5, 5.41) is 9.70. The fourth-order valence-corrected chi connectivity index (χ4v) is 3.13. The fourth-order valence-electron chi connectivity index (χ4n) is 2.94. The molecular weight excluding hydrogens is 276 g/mol. The maximum Gasteiger partial charge on any atom is 0.306 e. The van der Waals surface area contributed by atoms with Crippen LogP contribution in [0.4, 0.5) is 5.69 Å². The van der Waals surface area contributed by atoms with Gasteiger partial charge in [-0.05, 0) is 30.5 Å². The second-order valence-electron chi connectivity index (χ2n) is 5.71. The molecule has 1 aliphatic carbocycles. The molecule has 0 bridgehead atoms. The Balaban J connectivity index is 1.49. The lowest BCUT2D eigenvalue weighted by molar-refractivity contribution is -0.138. The maximum atomic E-state index is 10.8. The molecule has 5 heteroatoms. The Morgan fingerprint density at radius 2 is 2.05 bits per heavy atom. The van der Waals surface area contributed by atoms with E-state index in [9.17, 15) is 4.79 Å². The Morgan fingerprint density at radius 3 is 2.65 bits per heavy atom. The van der Waals surface area contributed by atoms with Crippen molar-refractivity contribution in [1.29, 1.82) is 0 Å². The van der Waals surface area contributed by atoms with Crippen LogP contribution in [0.1, 0.15) is 6.42 Å². The molecule has 108 valence electrons. The van der Waals surface area contributed by atoms with Gasteiger partial charge in [0, 0.05) is 43.4 Å². The van der Waals surface area contributed by atoms with Gasteiger partial charge in [-0.15, -0.1) is 0 Å². The second kappa shape index (κ2) is 5.62. The fraction of sp³-hybridized carbons (Fsp3) is 0.533. The van der Waals surface area contributed by atoms with Gasteiger partial charge in [-0.2, -0.15) is 0 Å². The van der Waals surface area contributed by atoms with Gasteiger partial charge in [-0.25, -0.2) is 0 Å². The van der Waals surface area contributed by atoms with Crippen molar-refractivity contribution in [2.75, 3.05) is 37.6 Å². The number of rotatable bonds is 4. The van der Waals surface area contributed by atoms with E-state index in [0.29, 0.717) is 5.92 Å². The molecule has 2 fully saturated rings. The lowest BCUT2D eigenvalue weighted by Crippen LogP contribution is -2.47. The molecule has 2 atom stereocenters. The van der Waals surface area contributed by atoms with Crippen LogP contribution in [0.25, 0.3) is 0 Å². The molecule has 0 radical (unpaired) electrons. The summed E-state index contributed by atoms with van der Waals surface area (Å²) in [6, 6.07) is 7.95. The number of hydrogen-bond acceptors (Lipinski definition) is 3. The van der Waals surface area contributed by atoms with E-state index in [1.54, 1.807) is 0 Å².